The van der Waals surface area contributed by atoms with Crippen molar-refractivity contribution in [3.63, 3.8) is 0 Å². The highest BCUT2D eigenvalue weighted by Crippen LogP contribution is 2.32. The van der Waals surface area contributed by atoms with Gasteiger partial charge in [-0.15, -0.1) is 0 Å². The second-order valence-corrected chi connectivity index (χ2v) is 6.55. The largest absolute Gasteiger partial charge is 0.495 e. The Bertz CT molecular complexity index is 1230. The summed E-state index contributed by atoms with van der Waals surface area (Å²) in [6.07, 6.45) is 0. The molecule has 0 saturated heterocycles. The van der Waals surface area contributed by atoms with E-state index < -0.39 is 12.0 Å². The second-order valence-electron chi connectivity index (χ2n) is 6.55. The number of urea groups is 1. The number of benzene rings is 3. The minimum Gasteiger partial charge on any atom is -0.495 e. The van der Waals surface area contributed by atoms with Gasteiger partial charge < -0.3 is 24.5 Å². The van der Waals surface area contributed by atoms with E-state index >= 15 is 0 Å². The molecule has 1 heterocycles. The number of oxazole rings is 1. The summed E-state index contributed by atoms with van der Waals surface area (Å²) in [4.78, 5) is 28.7. The van der Waals surface area contributed by atoms with Gasteiger partial charge in [0, 0.05) is 11.3 Å². The molecule has 0 aliphatic carbocycles. The topological polar surface area (TPSA) is 103 Å². The first kappa shape index (κ1) is 20.0. The quantitative estimate of drug-likeness (QED) is 0.446. The number of nitrogens with one attached hydrogen (secondary N) is 2. The number of carbonyl (C=O) groups excluding carboxylic acids is 2. The molecule has 0 aliphatic rings. The summed E-state index contributed by atoms with van der Waals surface area (Å²) in [5.41, 5.74) is 3.30. The molecule has 0 aliphatic heterocycles. The molecule has 0 fully saturated rings. The van der Waals surface area contributed by atoms with Crippen molar-refractivity contribution in [2.24, 2.45) is 0 Å². The fourth-order valence-corrected chi connectivity index (χ4v) is 3.06. The smallest absolute Gasteiger partial charge is 0.337 e. The maximum Gasteiger partial charge on any atom is 0.337 e. The third-order valence-corrected chi connectivity index (χ3v) is 4.53. The lowest BCUT2D eigenvalue weighted by Gasteiger charge is -2.12. The molecular weight excluding hydrogens is 398 g/mol. The number of anilines is 2. The Morgan fingerprint density at radius 2 is 1.77 bits per heavy atom. The lowest BCUT2D eigenvalue weighted by molar-refractivity contribution is 0.0600. The molecule has 0 unspecified atom stereocenters. The van der Waals surface area contributed by atoms with Gasteiger partial charge in [-0.2, -0.15) is 0 Å². The van der Waals surface area contributed by atoms with Gasteiger partial charge in [-0.3, -0.25) is 0 Å². The van der Waals surface area contributed by atoms with Crippen molar-refractivity contribution in [3.05, 3.63) is 72.3 Å². The third kappa shape index (κ3) is 4.32. The summed E-state index contributed by atoms with van der Waals surface area (Å²) in [5.74, 6) is 0.410. The normalized spacial score (nSPS) is 10.5. The lowest BCUT2D eigenvalue weighted by atomic mass is 10.2. The second kappa shape index (κ2) is 8.58. The summed E-state index contributed by atoms with van der Waals surface area (Å²) in [7, 11) is 2.81. The molecule has 0 bridgehead atoms. The average molecular weight is 417 g/mol. The van der Waals surface area contributed by atoms with E-state index in [1.165, 1.54) is 20.3 Å². The van der Waals surface area contributed by atoms with E-state index in [1.54, 1.807) is 36.4 Å². The third-order valence-electron chi connectivity index (χ3n) is 4.53. The zero-order valence-electron chi connectivity index (χ0n) is 16.8. The van der Waals surface area contributed by atoms with Crippen LogP contribution in [0.15, 0.2) is 71.1 Å². The minimum atomic E-state index is -0.505. The molecular formula is C23H19N3O5. The molecule has 2 N–H and O–H groups in total. The van der Waals surface area contributed by atoms with Crippen molar-refractivity contribution in [3.8, 4) is 17.2 Å². The summed E-state index contributed by atoms with van der Waals surface area (Å²) in [6, 6.07) is 18.6. The highest BCUT2D eigenvalue weighted by Gasteiger charge is 2.14. The van der Waals surface area contributed by atoms with Crippen LogP contribution in [-0.2, 0) is 4.74 Å². The maximum absolute atomic E-state index is 12.6. The van der Waals surface area contributed by atoms with Crippen LogP contribution >= 0.6 is 0 Å². The Hall–Kier alpha value is -4.33. The van der Waals surface area contributed by atoms with Crippen LogP contribution in [0.5, 0.6) is 5.75 Å². The number of aromatic nitrogens is 1. The summed E-state index contributed by atoms with van der Waals surface area (Å²) < 4.78 is 15.9. The molecule has 156 valence electrons. The number of ether oxygens (including phenoxy) is 2. The number of carbonyl (C=O) groups is 2. The predicted molar refractivity (Wildman–Crippen MR) is 116 cm³/mol. The van der Waals surface area contributed by atoms with E-state index in [-0.39, 0.29) is 0 Å². The van der Waals surface area contributed by atoms with Gasteiger partial charge >= 0.3 is 12.0 Å². The van der Waals surface area contributed by atoms with Crippen molar-refractivity contribution in [2.75, 3.05) is 24.9 Å². The van der Waals surface area contributed by atoms with Crippen LogP contribution < -0.4 is 15.4 Å². The number of para-hydroxylation sites is 2. The number of fused-ring (bicyclic) bond motifs is 1. The van der Waals surface area contributed by atoms with E-state index in [0.717, 1.165) is 5.52 Å². The first-order valence-electron chi connectivity index (χ1n) is 9.38. The van der Waals surface area contributed by atoms with Gasteiger partial charge in [-0.05, 0) is 48.5 Å². The van der Waals surface area contributed by atoms with Gasteiger partial charge in [0.15, 0.2) is 5.58 Å². The highest BCUT2D eigenvalue weighted by molar-refractivity contribution is 6.02. The first-order chi connectivity index (χ1) is 15.1. The van der Waals surface area contributed by atoms with E-state index in [4.69, 9.17) is 13.9 Å². The first-order valence-corrected chi connectivity index (χ1v) is 9.38. The van der Waals surface area contributed by atoms with Crippen LogP contribution in [0.3, 0.4) is 0 Å². The van der Waals surface area contributed by atoms with Crippen LogP contribution in [0, 0.1) is 0 Å². The fourth-order valence-electron chi connectivity index (χ4n) is 3.06. The Balaban J connectivity index is 1.56. The van der Waals surface area contributed by atoms with Gasteiger partial charge in [0.25, 0.3) is 0 Å². The zero-order valence-corrected chi connectivity index (χ0v) is 16.8. The Morgan fingerprint density at radius 1 is 0.935 bits per heavy atom. The Labute approximate surface area is 177 Å². The van der Waals surface area contributed by atoms with E-state index in [2.05, 4.69) is 15.6 Å². The molecule has 4 rings (SSSR count). The average Bonchev–Trinajstić information content (AvgIpc) is 3.23. The molecule has 1 aromatic heterocycles. The molecule has 0 atom stereocenters. The molecule has 8 heteroatoms. The number of nitrogens with zero attached hydrogens (tertiary/aromatic N) is 1. The van der Waals surface area contributed by atoms with E-state index in [9.17, 15) is 9.59 Å². The standard InChI is InChI=1S/C23H19N3O5/c1-29-19-11-10-14(21-25-17-8-3-4-9-20(17)31-21)13-18(19)26-23(28)24-16-7-5-6-15(12-16)22(27)30-2/h3-13H,1-2H3,(H2,24,26,28). The predicted octanol–water partition coefficient (Wildman–Crippen LogP) is 4.93. The molecule has 0 saturated carbocycles. The number of esters is 1. The van der Waals surface area contributed by atoms with Crippen molar-refractivity contribution in [2.45, 2.75) is 0 Å². The SMILES string of the molecule is COC(=O)c1cccc(NC(=O)Nc2cc(-c3nc4ccccc4o3)ccc2OC)c1. The molecule has 8 nitrogen and oxygen atoms in total. The van der Waals surface area contributed by atoms with Crippen LogP contribution in [0.2, 0.25) is 0 Å². The van der Waals surface area contributed by atoms with Crippen LogP contribution in [0.1, 0.15) is 10.4 Å². The van der Waals surface area contributed by atoms with Crippen molar-refractivity contribution in [1.29, 1.82) is 0 Å². The summed E-state index contributed by atoms with van der Waals surface area (Å²) >= 11 is 0. The van der Waals surface area contributed by atoms with Gasteiger partial charge in [0.1, 0.15) is 11.3 Å². The van der Waals surface area contributed by atoms with Crippen LogP contribution in [0.4, 0.5) is 16.2 Å². The maximum atomic E-state index is 12.6. The number of hydrogen-bond acceptors (Lipinski definition) is 6. The minimum absolute atomic E-state index is 0.329. The fraction of sp³-hybridized carbons (Fsp3) is 0.0870. The lowest BCUT2D eigenvalue weighted by Crippen LogP contribution is -2.20. The summed E-state index contributed by atoms with van der Waals surface area (Å²) in [6.45, 7) is 0. The Kier molecular flexibility index (Phi) is 5.53. The zero-order chi connectivity index (χ0) is 21.8. The number of amides is 2. The monoisotopic (exact) mass is 417 g/mol. The van der Waals surface area contributed by atoms with Crippen molar-refractivity contribution < 1.29 is 23.5 Å². The molecule has 4 aromatic rings. The molecule has 3 aromatic carbocycles. The number of rotatable bonds is 5. The Morgan fingerprint density at radius 3 is 2.55 bits per heavy atom. The number of methoxy groups -OCH3 is 2. The van der Waals surface area contributed by atoms with E-state index in [1.807, 2.05) is 24.3 Å². The molecule has 0 radical (unpaired) electrons. The van der Waals surface area contributed by atoms with Crippen LogP contribution in [-0.4, -0.2) is 31.2 Å². The van der Waals surface area contributed by atoms with Gasteiger partial charge in [-0.25, -0.2) is 14.6 Å². The van der Waals surface area contributed by atoms with Crippen LogP contribution in [0.25, 0.3) is 22.6 Å². The molecule has 31 heavy (non-hydrogen) atoms. The summed E-state index contributed by atoms with van der Waals surface area (Å²) in [5, 5.41) is 5.45. The van der Waals surface area contributed by atoms with E-state index in [0.29, 0.717) is 39.7 Å². The van der Waals surface area contributed by atoms with Gasteiger partial charge in [0.05, 0.1) is 25.5 Å². The van der Waals surface area contributed by atoms with Crippen molar-refractivity contribution in [1.82, 2.24) is 4.98 Å². The van der Waals surface area contributed by atoms with Gasteiger partial charge in [-0.1, -0.05) is 18.2 Å². The van der Waals surface area contributed by atoms with Crippen molar-refractivity contribution >= 4 is 34.5 Å². The molecule has 0 spiro atoms. The highest BCUT2D eigenvalue weighted by atomic mass is 16.5. The molecule has 2 amide bonds. The van der Waals surface area contributed by atoms with Gasteiger partial charge in [0.2, 0.25) is 5.89 Å². The number of hydrogen-bond donors (Lipinski definition) is 2.